The number of pyridine rings is 1. The lowest BCUT2D eigenvalue weighted by molar-refractivity contribution is 0.102. The molecule has 0 unspecified atom stereocenters. The molecule has 0 aliphatic rings. The van der Waals surface area contributed by atoms with Gasteiger partial charge in [0.05, 0.1) is 11.3 Å². The van der Waals surface area contributed by atoms with Gasteiger partial charge in [-0.25, -0.2) is 9.37 Å². The summed E-state index contributed by atoms with van der Waals surface area (Å²) in [6.45, 7) is 1.93. The van der Waals surface area contributed by atoms with Crippen molar-refractivity contribution in [3.05, 3.63) is 94.9 Å². The van der Waals surface area contributed by atoms with E-state index in [4.69, 9.17) is 11.6 Å². The maximum Gasteiger partial charge on any atom is 0.257 e. The number of halogens is 2. The fraction of sp³-hybridized carbons (Fsp3) is 0.0435. The number of hydrogen-bond donors (Lipinski definition) is 2. The number of fused-ring (bicyclic) bond motifs is 1. The minimum atomic E-state index is -0.493. The van der Waals surface area contributed by atoms with E-state index in [1.54, 1.807) is 12.1 Å². The number of carbonyl (C=O) groups is 1. The second-order valence-corrected chi connectivity index (χ2v) is 7.00. The number of amides is 1. The van der Waals surface area contributed by atoms with Crippen LogP contribution in [0.15, 0.2) is 72.9 Å². The van der Waals surface area contributed by atoms with Crippen LogP contribution in [-0.2, 0) is 0 Å². The monoisotopic (exact) mass is 405 g/mol. The van der Waals surface area contributed by atoms with E-state index >= 15 is 0 Å². The molecule has 0 aliphatic heterocycles. The molecule has 0 spiro atoms. The standard InChI is InChI=1S/C23H17ClFN3O/c1-14-10-11-15(12-19(14)24)27-22-17-7-3-2-6-16(17)18(13-26-22)23(29)28-21-9-5-4-8-20(21)25/h2-13H,1H3,(H,26,27)(H,28,29). The Kier molecular flexibility index (Phi) is 5.14. The van der Waals surface area contributed by atoms with Crippen LogP contribution in [0.25, 0.3) is 10.8 Å². The molecule has 1 aromatic heterocycles. The zero-order chi connectivity index (χ0) is 20.4. The highest BCUT2D eigenvalue weighted by Crippen LogP contribution is 2.29. The summed E-state index contributed by atoms with van der Waals surface area (Å²) in [5.74, 6) is -0.320. The van der Waals surface area contributed by atoms with Gasteiger partial charge in [-0.3, -0.25) is 4.79 Å². The second kappa shape index (κ2) is 7.89. The maximum absolute atomic E-state index is 13.9. The van der Waals surface area contributed by atoms with Crippen LogP contribution in [0.5, 0.6) is 0 Å². The third-order valence-electron chi connectivity index (χ3n) is 4.60. The number of nitrogens with one attached hydrogen (secondary N) is 2. The Hall–Kier alpha value is -3.44. The normalized spacial score (nSPS) is 10.7. The van der Waals surface area contributed by atoms with Gasteiger partial charge < -0.3 is 10.6 Å². The summed E-state index contributed by atoms with van der Waals surface area (Å²) in [4.78, 5) is 17.2. The van der Waals surface area contributed by atoms with Gasteiger partial charge in [-0.1, -0.05) is 54.1 Å². The lowest BCUT2D eigenvalue weighted by Crippen LogP contribution is -2.14. The van der Waals surface area contributed by atoms with Crippen LogP contribution < -0.4 is 10.6 Å². The highest BCUT2D eigenvalue weighted by Gasteiger charge is 2.15. The molecule has 6 heteroatoms. The predicted molar refractivity (Wildman–Crippen MR) is 116 cm³/mol. The Morgan fingerprint density at radius 1 is 1.00 bits per heavy atom. The summed E-state index contributed by atoms with van der Waals surface area (Å²) in [7, 11) is 0. The van der Waals surface area contributed by atoms with Crippen molar-refractivity contribution in [1.29, 1.82) is 0 Å². The van der Waals surface area contributed by atoms with E-state index in [-0.39, 0.29) is 5.69 Å². The number of aromatic nitrogens is 1. The average Bonchev–Trinajstić information content (AvgIpc) is 2.72. The fourth-order valence-corrected chi connectivity index (χ4v) is 3.21. The van der Waals surface area contributed by atoms with Gasteiger partial charge in [-0.15, -0.1) is 0 Å². The first-order chi connectivity index (χ1) is 14.0. The summed E-state index contributed by atoms with van der Waals surface area (Å²) >= 11 is 6.21. The van der Waals surface area contributed by atoms with E-state index in [1.807, 2.05) is 49.4 Å². The Morgan fingerprint density at radius 2 is 1.72 bits per heavy atom. The molecule has 4 aromatic rings. The number of aryl methyl sites for hydroxylation is 1. The van der Waals surface area contributed by atoms with Gasteiger partial charge in [0, 0.05) is 22.3 Å². The summed E-state index contributed by atoms with van der Waals surface area (Å²) in [5, 5.41) is 7.99. The van der Waals surface area contributed by atoms with Crippen LogP contribution in [0, 0.1) is 12.7 Å². The summed E-state index contributed by atoms with van der Waals surface area (Å²) in [6.07, 6.45) is 1.48. The van der Waals surface area contributed by atoms with Crippen molar-refractivity contribution in [3.8, 4) is 0 Å². The Bertz CT molecular complexity index is 1230. The van der Waals surface area contributed by atoms with Crippen molar-refractivity contribution in [2.45, 2.75) is 6.92 Å². The van der Waals surface area contributed by atoms with Crippen molar-refractivity contribution in [1.82, 2.24) is 4.98 Å². The minimum Gasteiger partial charge on any atom is -0.340 e. The zero-order valence-electron chi connectivity index (χ0n) is 15.5. The van der Waals surface area contributed by atoms with Crippen LogP contribution >= 0.6 is 11.6 Å². The minimum absolute atomic E-state index is 0.123. The van der Waals surface area contributed by atoms with Crippen molar-refractivity contribution in [3.63, 3.8) is 0 Å². The highest BCUT2D eigenvalue weighted by atomic mass is 35.5. The Morgan fingerprint density at radius 3 is 2.48 bits per heavy atom. The average molecular weight is 406 g/mol. The van der Waals surface area contributed by atoms with Crippen LogP contribution in [-0.4, -0.2) is 10.9 Å². The quantitative estimate of drug-likeness (QED) is 0.417. The topological polar surface area (TPSA) is 54.0 Å². The van der Waals surface area contributed by atoms with Crippen molar-refractivity contribution in [2.75, 3.05) is 10.6 Å². The third-order valence-corrected chi connectivity index (χ3v) is 5.00. The largest absolute Gasteiger partial charge is 0.340 e. The molecule has 0 saturated heterocycles. The molecular formula is C23H17ClFN3O. The van der Waals surface area contributed by atoms with Gasteiger partial charge in [0.1, 0.15) is 11.6 Å². The number of nitrogens with zero attached hydrogens (tertiary/aromatic N) is 1. The van der Waals surface area contributed by atoms with Crippen molar-refractivity contribution in [2.24, 2.45) is 0 Å². The first-order valence-corrected chi connectivity index (χ1v) is 9.37. The number of anilines is 3. The molecule has 4 nitrogen and oxygen atoms in total. The molecule has 0 aliphatic carbocycles. The first-order valence-electron chi connectivity index (χ1n) is 9.00. The number of para-hydroxylation sites is 1. The molecule has 0 atom stereocenters. The Labute approximate surface area is 172 Å². The molecule has 3 aromatic carbocycles. The summed E-state index contributed by atoms with van der Waals surface area (Å²) in [6, 6.07) is 19.1. The van der Waals surface area contributed by atoms with E-state index in [1.165, 1.54) is 18.3 Å². The van der Waals surface area contributed by atoms with Crippen molar-refractivity contribution < 1.29 is 9.18 Å². The fourth-order valence-electron chi connectivity index (χ4n) is 3.03. The molecule has 2 N–H and O–H groups in total. The molecular weight excluding hydrogens is 389 g/mol. The molecule has 0 bridgehead atoms. The van der Waals surface area contributed by atoms with Gasteiger partial charge in [0.15, 0.2) is 0 Å². The molecule has 0 fully saturated rings. The number of rotatable bonds is 4. The molecule has 144 valence electrons. The summed E-state index contributed by atoms with van der Waals surface area (Å²) < 4.78 is 13.9. The van der Waals surface area contributed by atoms with Crippen LogP contribution in [0.3, 0.4) is 0 Å². The number of benzene rings is 3. The maximum atomic E-state index is 13.9. The van der Waals surface area contributed by atoms with Gasteiger partial charge >= 0.3 is 0 Å². The second-order valence-electron chi connectivity index (χ2n) is 6.59. The van der Waals surface area contributed by atoms with E-state index in [2.05, 4.69) is 15.6 Å². The van der Waals surface area contributed by atoms with Crippen LogP contribution in [0.2, 0.25) is 5.02 Å². The van der Waals surface area contributed by atoms with E-state index in [9.17, 15) is 9.18 Å². The summed E-state index contributed by atoms with van der Waals surface area (Å²) in [5.41, 5.74) is 2.26. The van der Waals surface area contributed by atoms with Crippen LogP contribution in [0.4, 0.5) is 21.6 Å². The van der Waals surface area contributed by atoms with E-state index in [0.29, 0.717) is 21.8 Å². The smallest absolute Gasteiger partial charge is 0.257 e. The third kappa shape index (κ3) is 3.91. The van der Waals surface area contributed by atoms with Gasteiger partial charge in [0.2, 0.25) is 0 Å². The SMILES string of the molecule is Cc1ccc(Nc2ncc(C(=O)Nc3ccccc3F)c3ccccc23)cc1Cl. The number of carbonyl (C=O) groups excluding carboxylic acids is 1. The first kappa shape index (κ1) is 18.9. The van der Waals surface area contributed by atoms with Gasteiger partial charge in [0.25, 0.3) is 5.91 Å². The molecule has 29 heavy (non-hydrogen) atoms. The molecule has 0 radical (unpaired) electrons. The Balaban J connectivity index is 1.70. The zero-order valence-corrected chi connectivity index (χ0v) is 16.3. The molecule has 4 rings (SSSR count). The number of hydrogen-bond acceptors (Lipinski definition) is 3. The molecule has 1 amide bonds. The van der Waals surface area contributed by atoms with Gasteiger partial charge in [-0.2, -0.15) is 0 Å². The van der Waals surface area contributed by atoms with Crippen molar-refractivity contribution >= 4 is 45.5 Å². The van der Waals surface area contributed by atoms with E-state index < -0.39 is 11.7 Å². The molecule has 0 saturated carbocycles. The van der Waals surface area contributed by atoms with E-state index in [0.717, 1.165) is 16.6 Å². The lowest BCUT2D eigenvalue weighted by Gasteiger charge is -2.13. The van der Waals surface area contributed by atoms with Gasteiger partial charge in [-0.05, 0) is 42.1 Å². The lowest BCUT2D eigenvalue weighted by atomic mass is 10.1. The predicted octanol–water partition coefficient (Wildman–Crippen LogP) is 6.33. The molecule has 1 heterocycles. The highest BCUT2D eigenvalue weighted by molar-refractivity contribution is 6.31. The van der Waals surface area contributed by atoms with Crippen LogP contribution in [0.1, 0.15) is 15.9 Å².